The zero-order chi connectivity index (χ0) is 30.7. The van der Waals surface area contributed by atoms with Gasteiger partial charge in [0.15, 0.2) is 6.61 Å². The van der Waals surface area contributed by atoms with Crippen LogP contribution in [0.5, 0.6) is 0 Å². The molecule has 2 N–H and O–H groups in total. The lowest BCUT2D eigenvalue weighted by Crippen LogP contribution is -2.31. The van der Waals surface area contributed by atoms with Crippen LogP contribution in [0.15, 0.2) is 71.1 Å². The molecule has 0 radical (unpaired) electrons. The molecule has 43 heavy (non-hydrogen) atoms. The summed E-state index contributed by atoms with van der Waals surface area (Å²) in [6, 6.07) is 19.6. The van der Waals surface area contributed by atoms with Crippen LogP contribution in [0.2, 0.25) is 5.02 Å². The Bertz CT molecular complexity index is 1860. The first-order valence-corrected chi connectivity index (χ1v) is 14.6. The largest absolute Gasteiger partial charge is 0.454 e. The number of Topliss-reactive ketones (excluding diaryl/α,β-unsaturated/α-hetero) is 1. The van der Waals surface area contributed by atoms with Gasteiger partial charge >= 0.3 is 5.97 Å². The van der Waals surface area contributed by atoms with Gasteiger partial charge < -0.3 is 10.5 Å². The van der Waals surface area contributed by atoms with Crippen molar-refractivity contribution in [1.82, 2.24) is 4.98 Å². The third kappa shape index (κ3) is 5.85. The third-order valence-electron chi connectivity index (χ3n) is 6.41. The molecular formula is C30H18ClN5O5S2. The lowest BCUT2D eigenvalue weighted by Gasteiger charge is -2.16. The van der Waals surface area contributed by atoms with Gasteiger partial charge in [-0.05, 0) is 47.8 Å². The van der Waals surface area contributed by atoms with Crippen molar-refractivity contribution < 1.29 is 23.9 Å². The molecule has 5 rings (SSSR count). The number of nitrogen functional groups attached to an aromatic ring is 1. The van der Waals surface area contributed by atoms with Crippen LogP contribution in [-0.2, 0) is 14.3 Å². The van der Waals surface area contributed by atoms with Crippen LogP contribution in [0.4, 0.5) is 11.5 Å². The van der Waals surface area contributed by atoms with E-state index in [1.807, 2.05) is 6.07 Å². The Balaban J connectivity index is 1.31. The molecule has 0 spiro atoms. The molecule has 2 amide bonds. The maximum absolute atomic E-state index is 13.4. The number of nitrogens with zero attached hydrogens (tertiary/aromatic N) is 4. The molecule has 2 aromatic heterocycles. The molecule has 1 aliphatic heterocycles. The van der Waals surface area contributed by atoms with Gasteiger partial charge in [-0.25, -0.2) is 14.7 Å². The quantitative estimate of drug-likeness (QED) is 0.155. The van der Waals surface area contributed by atoms with Crippen molar-refractivity contribution in [3.05, 3.63) is 93.3 Å². The Labute approximate surface area is 258 Å². The fourth-order valence-electron chi connectivity index (χ4n) is 4.38. The van der Waals surface area contributed by atoms with E-state index in [1.165, 1.54) is 41.7 Å². The molecule has 1 atom stereocenters. The van der Waals surface area contributed by atoms with Crippen LogP contribution in [0.3, 0.4) is 0 Å². The minimum Gasteiger partial charge on any atom is -0.454 e. The predicted octanol–water partition coefficient (Wildman–Crippen LogP) is 5.25. The zero-order valence-electron chi connectivity index (χ0n) is 21.9. The van der Waals surface area contributed by atoms with Crippen LogP contribution < -0.4 is 10.6 Å². The van der Waals surface area contributed by atoms with Crippen molar-refractivity contribution in [2.75, 3.05) is 17.2 Å². The second kappa shape index (κ2) is 12.5. The maximum atomic E-state index is 13.4. The second-order valence-corrected chi connectivity index (χ2v) is 11.6. The number of nitriles is 2. The molecule has 0 saturated carbocycles. The van der Waals surface area contributed by atoms with Crippen molar-refractivity contribution in [1.29, 1.82) is 10.5 Å². The first-order chi connectivity index (χ1) is 20.7. The number of halogens is 1. The third-order valence-corrected chi connectivity index (χ3v) is 8.80. The van der Waals surface area contributed by atoms with Crippen LogP contribution in [-0.4, -0.2) is 40.4 Å². The number of hydrogen-bond donors (Lipinski definition) is 1. The average molecular weight is 628 g/mol. The highest BCUT2D eigenvalue weighted by molar-refractivity contribution is 8.00. The molecule has 1 fully saturated rings. The monoisotopic (exact) mass is 627 g/mol. The highest BCUT2D eigenvalue weighted by atomic mass is 35.5. The van der Waals surface area contributed by atoms with E-state index in [0.29, 0.717) is 10.4 Å². The molecule has 1 unspecified atom stereocenters. The molecule has 10 nitrogen and oxygen atoms in total. The number of nitrogens with two attached hydrogens (primary N) is 1. The van der Waals surface area contributed by atoms with Crippen molar-refractivity contribution in [2.24, 2.45) is 0 Å². The summed E-state index contributed by atoms with van der Waals surface area (Å²) < 4.78 is 5.11. The highest BCUT2D eigenvalue weighted by Crippen LogP contribution is 2.41. The van der Waals surface area contributed by atoms with Gasteiger partial charge in [-0.2, -0.15) is 10.5 Å². The Kier molecular flexibility index (Phi) is 8.55. The number of rotatable bonds is 8. The number of anilines is 2. The SMILES string of the molecule is N#Cc1c(N)nc(SC2CC(=O)N(c3ccc(C(=O)OCC(=O)c4ccccc4Cl)cc3)C2=O)c(C#N)c1-c1cccs1. The first kappa shape index (κ1) is 29.5. The van der Waals surface area contributed by atoms with Gasteiger partial charge in [-0.1, -0.05) is 41.6 Å². The zero-order valence-corrected chi connectivity index (χ0v) is 24.3. The molecule has 2 aromatic carbocycles. The van der Waals surface area contributed by atoms with Crippen LogP contribution >= 0.6 is 34.7 Å². The van der Waals surface area contributed by atoms with Crippen LogP contribution in [0, 0.1) is 22.7 Å². The number of pyridine rings is 1. The van der Waals surface area contributed by atoms with Crippen molar-refractivity contribution in [3.8, 4) is 22.6 Å². The maximum Gasteiger partial charge on any atom is 0.338 e. The van der Waals surface area contributed by atoms with E-state index in [9.17, 15) is 29.7 Å². The lowest BCUT2D eigenvalue weighted by molar-refractivity contribution is -0.121. The van der Waals surface area contributed by atoms with Gasteiger partial charge in [0.25, 0.3) is 0 Å². The first-order valence-electron chi connectivity index (χ1n) is 12.5. The van der Waals surface area contributed by atoms with E-state index in [-0.39, 0.29) is 50.2 Å². The van der Waals surface area contributed by atoms with Crippen LogP contribution in [0.1, 0.15) is 38.3 Å². The molecule has 13 heteroatoms. The number of ketones is 1. The molecule has 1 saturated heterocycles. The summed E-state index contributed by atoms with van der Waals surface area (Å²) >= 11 is 8.27. The smallest absolute Gasteiger partial charge is 0.338 e. The highest BCUT2D eigenvalue weighted by Gasteiger charge is 2.41. The van der Waals surface area contributed by atoms with Gasteiger partial charge in [-0.3, -0.25) is 14.4 Å². The summed E-state index contributed by atoms with van der Waals surface area (Å²) in [5, 5.41) is 20.9. The van der Waals surface area contributed by atoms with Crippen molar-refractivity contribution >= 4 is 69.8 Å². The van der Waals surface area contributed by atoms with Crippen LogP contribution in [0.25, 0.3) is 10.4 Å². The number of ether oxygens (including phenoxy) is 1. The van der Waals surface area contributed by atoms with Gasteiger partial charge in [0.1, 0.15) is 28.5 Å². The van der Waals surface area contributed by atoms with E-state index in [0.717, 1.165) is 16.7 Å². The number of benzene rings is 2. The summed E-state index contributed by atoms with van der Waals surface area (Å²) in [5.74, 6) is -2.34. The Hall–Kier alpha value is -5.01. The Morgan fingerprint density at radius 1 is 1.07 bits per heavy atom. The Morgan fingerprint density at radius 2 is 1.79 bits per heavy atom. The van der Waals surface area contributed by atoms with Gasteiger partial charge in [-0.15, -0.1) is 11.3 Å². The van der Waals surface area contributed by atoms with Gasteiger partial charge in [0.05, 0.1) is 27.1 Å². The molecule has 0 bridgehead atoms. The predicted molar refractivity (Wildman–Crippen MR) is 161 cm³/mol. The number of carbonyl (C=O) groups excluding carboxylic acids is 4. The average Bonchev–Trinajstić information content (AvgIpc) is 3.63. The van der Waals surface area contributed by atoms with Crippen molar-refractivity contribution in [2.45, 2.75) is 16.7 Å². The number of esters is 1. The molecular weight excluding hydrogens is 610 g/mol. The second-order valence-electron chi connectivity index (χ2n) is 9.03. The van der Waals surface area contributed by atoms with E-state index in [4.69, 9.17) is 22.1 Å². The minimum atomic E-state index is -0.906. The molecule has 1 aliphatic rings. The molecule has 0 aliphatic carbocycles. The van der Waals surface area contributed by atoms with Crippen molar-refractivity contribution in [3.63, 3.8) is 0 Å². The van der Waals surface area contributed by atoms with Gasteiger partial charge in [0.2, 0.25) is 17.6 Å². The number of aromatic nitrogens is 1. The molecule has 212 valence electrons. The summed E-state index contributed by atoms with van der Waals surface area (Å²) in [6.45, 7) is -0.515. The number of thiophene rings is 1. The summed E-state index contributed by atoms with van der Waals surface area (Å²) in [7, 11) is 0. The number of imide groups is 1. The normalized spacial score (nSPS) is 14.3. The molecule has 4 aromatic rings. The Morgan fingerprint density at radius 3 is 2.44 bits per heavy atom. The lowest BCUT2D eigenvalue weighted by atomic mass is 10.0. The fourth-order valence-corrected chi connectivity index (χ4v) is 6.52. The minimum absolute atomic E-state index is 0.0608. The number of carbonyl (C=O) groups is 4. The summed E-state index contributed by atoms with van der Waals surface area (Å²) in [6.07, 6.45) is -0.168. The summed E-state index contributed by atoms with van der Waals surface area (Å²) in [4.78, 5) is 57.0. The topological polar surface area (TPSA) is 167 Å². The van der Waals surface area contributed by atoms with Gasteiger partial charge in [0, 0.05) is 22.4 Å². The van der Waals surface area contributed by atoms with E-state index < -0.39 is 35.4 Å². The summed E-state index contributed by atoms with van der Waals surface area (Å²) in [5.41, 5.74) is 7.11. The molecule has 3 heterocycles. The number of thioether (sulfide) groups is 1. The van der Waals surface area contributed by atoms with E-state index in [1.54, 1.807) is 35.7 Å². The number of amides is 2. The number of hydrogen-bond acceptors (Lipinski definition) is 11. The fraction of sp³-hybridized carbons (Fsp3) is 0.100. The van der Waals surface area contributed by atoms with E-state index >= 15 is 0 Å². The van der Waals surface area contributed by atoms with E-state index in [2.05, 4.69) is 11.1 Å². The standard InChI is InChI=1S/C30H18ClN5O5S2/c31-21-5-2-1-4-18(21)22(37)15-41-30(40)16-7-9-17(10-8-16)36-25(38)12-24(29(36)39)43-28-20(14-33)26(23-6-3-11-42-23)19(13-32)27(34)35-28/h1-11,24H,12,15H2,(H2,34,35).